The molecule has 1 N–H and O–H groups in total. The van der Waals surface area contributed by atoms with Gasteiger partial charge in [-0.3, -0.25) is 9.36 Å². The molecule has 1 heterocycles. The molecule has 0 aliphatic heterocycles. The monoisotopic (exact) mass is 434 g/mol. The van der Waals surface area contributed by atoms with Crippen LogP contribution < -0.4 is 15.7 Å². The van der Waals surface area contributed by atoms with Crippen molar-refractivity contribution in [1.29, 1.82) is 0 Å². The first-order valence-electron chi connectivity index (χ1n) is 10.4. The predicted molar refractivity (Wildman–Crippen MR) is 115 cm³/mol. The van der Waals surface area contributed by atoms with Crippen LogP contribution in [0.25, 0.3) is 5.69 Å². The van der Waals surface area contributed by atoms with Crippen molar-refractivity contribution in [3.63, 3.8) is 0 Å². The Hall–Kier alpha value is -2.97. The highest BCUT2D eigenvalue weighted by Crippen LogP contribution is 2.27. The van der Waals surface area contributed by atoms with Crippen LogP contribution in [0, 0.1) is 11.7 Å². The first-order chi connectivity index (χ1) is 14.5. The van der Waals surface area contributed by atoms with Gasteiger partial charge in [-0.1, -0.05) is 27.7 Å². The first kappa shape index (κ1) is 24.3. The topological polar surface area (TPSA) is 95.2 Å². The highest BCUT2D eigenvalue weighted by molar-refractivity contribution is 5.98. The maximum absolute atomic E-state index is 15.1. The van der Waals surface area contributed by atoms with Gasteiger partial charge in [0.25, 0.3) is 5.91 Å². The Morgan fingerprint density at radius 2 is 1.87 bits per heavy atom. The van der Waals surface area contributed by atoms with Crippen molar-refractivity contribution in [3.8, 4) is 11.4 Å². The van der Waals surface area contributed by atoms with E-state index in [0.717, 1.165) is 10.7 Å². The second-order valence-electron chi connectivity index (χ2n) is 8.52. The minimum atomic E-state index is -0.803. The van der Waals surface area contributed by atoms with E-state index in [1.54, 1.807) is 7.05 Å². The summed E-state index contributed by atoms with van der Waals surface area (Å²) in [6.07, 6.45) is 1.02. The highest BCUT2D eigenvalue weighted by atomic mass is 19.1. The molecule has 0 saturated heterocycles. The molecule has 2 aromatic rings. The molecule has 0 bridgehead atoms. The van der Waals surface area contributed by atoms with Crippen LogP contribution in [0.1, 0.15) is 70.1 Å². The van der Waals surface area contributed by atoms with Crippen LogP contribution in [-0.2, 0) is 11.8 Å². The Labute approximate surface area is 181 Å². The molecule has 0 radical (unpaired) electrons. The van der Waals surface area contributed by atoms with Crippen LogP contribution in [0.5, 0.6) is 5.75 Å². The molecule has 0 spiro atoms. The number of benzene rings is 1. The number of rotatable bonds is 9. The SMILES string of the molecule is CC(C)C[C@H](C)Oc1cc(-n2nc(C(C)C)n(C)c2=O)c(F)cc1C(=O)N[C@@H](C)C=O. The van der Waals surface area contributed by atoms with Crippen molar-refractivity contribution < 1.29 is 18.7 Å². The van der Waals surface area contributed by atoms with Crippen molar-refractivity contribution in [1.82, 2.24) is 19.7 Å². The summed E-state index contributed by atoms with van der Waals surface area (Å²) in [5.41, 5.74) is -0.673. The number of nitrogens with zero attached hydrogens (tertiary/aromatic N) is 3. The standard InChI is InChI=1S/C22H31FN4O4/c1-12(2)8-15(6)31-19-10-18(27-22(30)26(7)20(25-27)13(3)4)17(23)9-16(19)21(29)24-14(5)11-28/h9-15H,8H2,1-7H3,(H,24,29)/t14-,15-/m0/s1. The Morgan fingerprint density at radius 1 is 1.23 bits per heavy atom. The van der Waals surface area contributed by atoms with Gasteiger partial charge in [0.15, 0.2) is 0 Å². The van der Waals surface area contributed by atoms with Crippen molar-refractivity contribution in [2.45, 2.75) is 66.0 Å². The Kier molecular flexibility index (Phi) is 7.75. The van der Waals surface area contributed by atoms with Gasteiger partial charge in [-0.2, -0.15) is 4.68 Å². The quantitative estimate of drug-likeness (QED) is 0.612. The van der Waals surface area contributed by atoms with Crippen molar-refractivity contribution in [3.05, 3.63) is 39.8 Å². The minimum Gasteiger partial charge on any atom is -0.490 e. The molecule has 1 aromatic heterocycles. The molecule has 9 heteroatoms. The van der Waals surface area contributed by atoms with Gasteiger partial charge in [-0.15, -0.1) is 5.10 Å². The van der Waals surface area contributed by atoms with Crippen LogP contribution in [0.2, 0.25) is 0 Å². The molecule has 1 aromatic carbocycles. The summed E-state index contributed by atoms with van der Waals surface area (Å²) in [5.74, 6) is -0.533. The van der Waals surface area contributed by atoms with E-state index in [9.17, 15) is 14.4 Å². The molecule has 2 atom stereocenters. The van der Waals surface area contributed by atoms with E-state index in [4.69, 9.17) is 4.74 Å². The minimum absolute atomic E-state index is 0.0429. The number of aldehydes is 1. The molecular weight excluding hydrogens is 403 g/mol. The summed E-state index contributed by atoms with van der Waals surface area (Å²) < 4.78 is 23.4. The van der Waals surface area contributed by atoms with Crippen LogP contribution in [0.15, 0.2) is 16.9 Å². The number of halogens is 1. The van der Waals surface area contributed by atoms with Gasteiger partial charge in [0, 0.05) is 19.0 Å². The lowest BCUT2D eigenvalue weighted by atomic mass is 10.1. The predicted octanol–water partition coefficient (Wildman–Crippen LogP) is 2.96. The van der Waals surface area contributed by atoms with Gasteiger partial charge in [-0.25, -0.2) is 9.18 Å². The molecule has 170 valence electrons. The maximum atomic E-state index is 15.1. The van der Waals surface area contributed by atoms with Crippen molar-refractivity contribution >= 4 is 12.2 Å². The largest absolute Gasteiger partial charge is 0.490 e. The van der Waals surface area contributed by atoms with E-state index in [1.807, 2.05) is 34.6 Å². The molecule has 8 nitrogen and oxygen atoms in total. The van der Waals surface area contributed by atoms with Gasteiger partial charge < -0.3 is 14.8 Å². The fourth-order valence-corrected chi connectivity index (χ4v) is 3.34. The molecule has 0 saturated carbocycles. The zero-order valence-corrected chi connectivity index (χ0v) is 19.1. The molecule has 0 unspecified atom stereocenters. The molecular formula is C22H31FN4O4. The second kappa shape index (κ2) is 9.89. The van der Waals surface area contributed by atoms with Crippen LogP contribution in [0.3, 0.4) is 0 Å². The number of amides is 1. The zero-order valence-electron chi connectivity index (χ0n) is 19.1. The number of nitrogens with one attached hydrogen (secondary N) is 1. The van der Waals surface area contributed by atoms with Crippen molar-refractivity contribution in [2.24, 2.45) is 13.0 Å². The number of ether oxygens (including phenoxy) is 1. The van der Waals surface area contributed by atoms with E-state index < -0.39 is 23.5 Å². The lowest BCUT2D eigenvalue weighted by Gasteiger charge is -2.20. The summed E-state index contributed by atoms with van der Waals surface area (Å²) in [7, 11) is 1.57. The molecule has 0 fully saturated rings. The molecule has 1 amide bonds. The second-order valence-corrected chi connectivity index (χ2v) is 8.52. The third kappa shape index (κ3) is 5.59. The Balaban J connectivity index is 2.61. The summed E-state index contributed by atoms with van der Waals surface area (Å²) >= 11 is 0. The Bertz CT molecular complexity index is 1010. The van der Waals surface area contributed by atoms with Crippen LogP contribution in [-0.4, -0.2) is 38.7 Å². The fourth-order valence-electron chi connectivity index (χ4n) is 3.34. The molecule has 2 rings (SSSR count). The van der Waals surface area contributed by atoms with Gasteiger partial charge >= 0.3 is 5.69 Å². The third-order valence-corrected chi connectivity index (χ3v) is 4.75. The number of hydrogen-bond donors (Lipinski definition) is 1. The number of carbonyl (C=O) groups excluding carboxylic acids is 2. The molecule has 31 heavy (non-hydrogen) atoms. The van der Waals surface area contributed by atoms with Crippen LogP contribution in [0.4, 0.5) is 4.39 Å². The van der Waals surface area contributed by atoms with Crippen LogP contribution >= 0.6 is 0 Å². The summed E-state index contributed by atoms with van der Waals surface area (Å²) in [6.45, 7) is 11.2. The number of carbonyl (C=O) groups is 2. The van der Waals surface area contributed by atoms with Gasteiger partial charge in [0.1, 0.15) is 29.4 Å². The van der Waals surface area contributed by atoms with Gasteiger partial charge in [-0.05, 0) is 32.3 Å². The third-order valence-electron chi connectivity index (χ3n) is 4.75. The van der Waals surface area contributed by atoms with Gasteiger partial charge in [0.05, 0.1) is 17.7 Å². The average Bonchev–Trinajstić information content (AvgIpc) is 2.97. The fraction of sp³-hybridized carbons (Fsp3) is 0.545. The van der Waals surface area contributed by atoms with Crippen molar-refractivity contribution in [2.75, 3.05) is 0 Å². The van der Waals surface area contributed by atoms with E-state index in [1.165, 1.54) is 17.6 Å². The Morgan fingerprint density at radius 3 is 2.39 bits per heavy atom. The lowest BCUT2D eigenvalue weighted by Crippen LogP contribution is -2.34. The maximum Gasteiger partial charge on any atom is 0.350 e. The molecule has 0 aliphatic rings. The van der Waals surface area contributed by atoms with E-state index in [-0.39, 0.29) is 29.0 Å². The van der Waals surface area contributed by atoms with Gasteiger partial charge in [0.2, 0.25) is 0 Å². The zero-order chi connectivity index (χ0) is 23.5. The normalized spacial score (nSPS) is 13.4. The average molecular weight is 435 g/mol. The summed E-state index contributed by atoms with van der Waals surface area (Å²) in [4.78, 5) is 36.2. The first-order valence-corrected chi connectivity index (χ1v) is 10.4. The van der Waals surface area contributed by atoms with E-state index in [0.29, 0.717) is 24.4 Å². The van der Waals surface area contributed by atoms with E-state index >= 15 is 4.39 Å². The van der Waals surface area contributed by atoms with E-state index in [2.05, 4.69) is 10.4 Å². The highest BCUT2D eigenvalue weighted by Gasteiger charge is 2.23. The smallest absolute Gasteiger partial charge is 0.350 e. The number of hydrogen-bond acceptors (Lipinski definition) is 5. The molecule has 0 aliphatic carbocycles. The summed E-state index contributed by atoms with van der Waals surface area (Å²) in [6, 6.07) is 1.57. The summed E-state index contributed by atoms with van der Waals surface area (Å²) in [5, 5.41) is 6.75. The lowest BCUT2D eigenvalue weighted by molar-refractivity contribution is -0.109. The number of aromatic nitrogens is 3.